The van der Waals surface area contributed by atoms with Gasteiger partial charge in [-0.3, -0.25) is 0 Å². The molecule has 0 unspecified atom stereocenters. The number of aromatic nitrogens is 1. The highest BCUT2D eigenvalue weighted by atomic mass is 32.1. The highest BCUT2D eigenvalue weighted by Crippen LogP contribution is 2.21. The van der Waals surface area contributed by atoms with Gasteiger partial charge in [0.05, 0.1) is 11.1 Å². The number of H-pyrrole nitrogens is 1. The van der Waals surface area contributed by atoms with Crippen LogP contribution in [0.15, 0.2) is 28.4 Å². The van der Waals surface area contributed by atoms with Gasteiger partial charge >= 0.3 is 0 Å². The van der Waals surface area contributed by atoms with Crippen molar-refractivity contribution >= 4 is 35.8 Å². The third kappa shape index (κ3) is 1.81. The Morgan fingerprint density at radius 1 is 1.41 bits per heavy atom. The number of nitrogens with one attached hydrogen (secondary N) is 1. The topological polar surface area (TPSA) is 60.7 Å². The van der Waals surface area contributed by atoms with E-state index in [1.807, 2.05) is 24.3 Å². The van der Waals surface area contributed by atoms with Gasteiger partial charge in [0, 0.05) is 10.8 Å². The lowest BCUT2D eigenvalue weighted by Crippen LogP contribution is -2.26. The number of hydrogen-bond acceptors (Lipinski definition) is 5. The molecular weight excluding hydrogens is 254 g/mol. The molecule has 1 aliphatic heterocycles. The van der Waals surface area contributed by atoms with Crippen LogP contribution in [0.25, 0.3) is 6.08 Å². The van der Waals surface area contributed by atoms with Crippen molar-refractivity contribution in [3.63, 3.8) is 0 Å². The molecule has 0 saturated carbocycles. The molecule has 2 N–H and O–H groups in total. The third-order valence-corrected chi connectivity index (χ3v) is 3.57. The highest BCUT2D eigenvalue weighted by Gasteiger charge is 2.04. The zero-order valence-corrected chi connectivity index (χ0v) is 10.2. The molecule has 1 aromatic heterocycles. The van der Waals surface area contributed by atoms with Gasteiger partial charge in [0.15, 0.2) is 3.95 Å². The molecule has 0 radical (unpaired) electrons. The van der Waals surface area contributed by atoms with Gasteiger partial charge in [-0.15, -0.1) is 16.4 Å². The van der Waals surface area contributed by atoms with Crippen molar-refractivity contribution in [2.75, 3.05) is 0 Å². The molecule has 0 fully saturated rings. The summed E-state index contributed by atoms with van der Waals surface area (Å²) in [5, 5.41) is 19.3. The summed E-state index contributed by atoms with van der Waals surface area (Å²) >= 11 is 6.30. The number of aromatic amines is 1. The van der Waals surface area contributed by atoms with Crippen LogP contribution in [0.2, 0.25) is 0 Å². The Morgan fingerprint density at radius 2 is 2.29 bits per heavy atom. The molecule has 84 valence electrons. The molecule has 0 amide bonds. The van der Waals surface area contributed by atoms with Crippen LogP contribution < -0.4 is 10.6 Å². The van der Waals surface area contributed by atoms with Crippen LogP contribution >= 0.6 is 23.6 Å². The SMILES string of the molecule is Oc1[nH]c(=S)sc1C=c1cccc2c1=NN=C2. The van der Waals surface area contributed by atoms with Gasteiger partial charge in [0.1, 0.15) is 5.36 Å². The van der Waals surface area contributed by atoms with Crippen LogP contribution in [0.1, 0.15) is 10.4 Å². The first-order chi connectivity index (χ1) is 8.24. The Balaban J connectivity index is 2.28. The zero-order chi connectivity index (χ0) is 11.8. The summed E-state index contributed by atoms with van der Waals surface area (Å²) < 4.78 is 0.550. The molecule has 0 spiro atoms. The molecule has 2 aromatic rings. The number of benzene rings is 1. The summed E-state index contributed by atoms with van der Waals surface area (Å²) in [5.74, 6) is 0.0940. The van der Waals surface area contributed by atoms with E-state index in [9.17, 15) is 5.11 Å². The van der Waals surface area contributed by atoms with Gasteiger partial charge in [0.2, 0.25) is 5.88 Å². The minimum absolute atomic E-state index is 0.0940. The first kappa shape index (κ1) is 10.4. The molecule has 1 aromatic carbocycles. The molecular formula is C11H7N3OS2. The third-order valence-electron chi connectivity index (χ3n) is 2.40. The summed E-state index contributed by atoms with van der Waals surface area (Å²) in [6.45, 7) is 0. The van der Waals surface area contributed by atoms with Crippen LogP contribution in [-0.2, 0) is 0 Å². The van der Waals surface area contributed by atoms with Crippen LogP contribution in [0.3, 0.4) is 0 Å². The summed E-state index contributed by atoms with van der Waals surface area (Å²) in [7, 11) is 0. The minimum atomic E-state index is 0.0940. The van der Waals surface area contributed by atoms with Gasteiger partial charge in [-0.1, -0.05) is 18.2 Å². The molecule has 4 nitrogen and oxygen atoms in total. The van der Waals surface area contributed by atoms with Crippen molar-refractivity contribution in [3.05, 3.63) is 43.2 Å². The number of nitrogens with zero attached hydrogens (tertiary/aromatic N) is 2. The van der Waals surface area contributed by atoms with Crippen molar-refractivity contribution in [1.29, 1.82) is 0 Å². The lowest BCUT2D eigenvalue weighted by Gasteiger charge is -1.91. The van der Waals surface area contributed by atoms with E-state index in [1.165, 1.54) is 11.3 Å². The van der Waals surface area contributed by atoms with E-state index in [-0.39, 0.29) is 5.88 Å². The summed E-state index contributed by atoms with van der Waals surface area (Å²) in [5.41, 5.74) is 0.984. The summed E-state index contributed by atoms with van der Waals surface area (Å²) in [6.07, 6.45) is 3.56. The fourth-order valence-electron chi connectivity index (χ4n) is 1.64. The molecule has 0 saturated heterocycles. The van der Waals surface area contributed by atoms with Crippen LogP contribution in [0, 0.1) is 3.95 Å². The minimum Gasteiger partial charge on any atom is -0.494 e. The van der Waals surface area contributed by atoms with Crippen molar-refractivity contribution < 1.29 is 5.11 Å². The Hall–Kier alpha value is -1.79. The number of thiazole rings is 1. The van der Waals surface area contributed by atoms with Gasteiger partial charge < -0.3 is 10.1 Å². The average molecular weight is 261 g/mol. The standard InChI is InChI=1S/C11H7N3OS2/c15-10-8(17-11(16)13-10)4-6-2-1-3-7-5-12-14-9(6)7/h1-5,15H,(H,13,16). The molecule has 0 atom stereocenters. The lowest BCUT2D eigenvalue weighted by molar-refractivity contribution is 0.456. The molecule has 1 aliphatic rings. The maximum absolute atomic E-state index is 9.64. The van der Waals surface area contributed by atoms with E-state index in [0.29, 0.717) is 8.83 Å². The summed E-state index contributed by atoms with van der Waals surface area (Å²) in [4.78, 5) is 3.39. The Kier molecular flexibility index (Phi) is 2.38. The van der Waals surface area contributed by atoms with Crippen LogP contribution in [0.5, 0.6) is 5.88 Å². The average Bonchev–Trinajstić information content (AvgIpc) is 2.87. The van der Waals surface area contributed by atoms with Gasteiger partial charge in [-0.05, 0) is 18.3 Å². The zero-order valence-electron chi connectivity index (χ0n) is 8.54. The van der Waals surface area contributed by atoms with Crippen molar-refractivity contribution in [3.8, 4) is 5.88 Å². The van der Waals surface area contributed by atoms with E-state index in [0.717, 1.165) is 16.1 Å². The summed E-state index contributed by atoms with van der Waals surface area (Å²) in [6, 6.07) is 5.81. The van der Waals surface area contributed by atoms with E-state index >= 15 is 0 Å². The van der Waals surface area contributed by atoms with E-state index in [4.69, 9.17) is 12.2 Å². The van der Waals surface area contributed by atoms with Gasteiger partial charge in [-0.2, -0.15) is 5.10 Å². The van der Waals surface area contributed by atoms with Crippen molar-refractivity contribution in [1.82, 2.24) is 4.98 Å². The smallest absolute Gasteiger partial charge is 0.207 e. The lowest BCUT2D eigenvalue weighted by atomic mass is 10.2. The molecule has 2 heterocycles. The first-order valence-electron chi connectivity index (χ1n) is 4.88. The monoisotopic (exact) mass is 261 g/mol. The quantitative estimate of drug-likeness (QED) is 0.760. The van der Waals surface area contributed by atoms with Gasteiger partial charge in [0.25, 0.3) is 0 Å². The molecule has 17 heavy (non-hydrogen) atoms. The second kappa shape index (κ2) is 3.90. The largest absolute Gasteiger partial charge is 0.494 e. The molecule has 6 heteroatoms. The van der Waals surface area contributed by atoms with E-state index in [1.54, 1.807) is 6.21 Å². The maximum atomic E-state index is 9.64. The van der Waals surface area contributed by atoms with E-state index in [2.05, 4.69) is 15.2 Å². The molecule has 3 rings (SSSR count). The number of fused-ring (bicyclic) bond motifs is 1. The Labute approximate surface area is 105 Å². The Bertz CT molecular complexity index is 786. The van der Waals surface area contributed by atoms with Crippen LogP contribution in [0.4, 0.5) is 0 Å². The second-order valence-electron chi connectivity index (χ2n) is 3.50. The van der Waals surface area contributed by atoms with E-state index < -0.39 is 0 Å². The predicted octanol–water partition coefficient (Wildman–Crippen LogP) is 1.31. The fourth-order valence-corrected chi connectivity index (χ4v) is 2.68. The Morgan fingerprint density at radius 3 is 3.06 bits per heavy atom. The second-order valence-corrected chi connectivity index (χ2v) is 5.22. The van der Waals surface area contributed by atoms with Crippen molar-refractivity contribution in [2.24, 2.45) is 10.2 Å². The maximum Gasteiger partial charge on any atom is 0.207 e. The van der Waals surface area contributed by atoms with Crippen LogP contribution in [-0.4, -0.2) is 16.3 Å². The van der Waals surface area contributed by atoms with Crippen molar-refractivity contribution in [2.45, 2.75) is 0 Å². The number of hydrogen-bond donors (Lipinski definition) is 2. The number of rotatable bonds is 1. The normalized spacial score (nSPS) is 13.8. The fraction of sp³-hybridized carbons (Fsp3) is 0. The highest BCUT2D eigenvalue weighted by molar-refractivity contribution is 7.73. The molecule has 0 aliphatic carbocycles. The first-order valence-corrected chi connectivity index (χ1v) is 6.10. The number of aromatic hydroxyl groups is 1. The predicted molar refractivity (Wildman–Crippen MR) is 69.6 cm³/mol. The molecule has 0 bridgehead atoms. The van der Waals surface area contributed by atoms with Gasteiger partial charge in [-0.25, -0.2) is 0 Å².